The van der Waals surface area contributed by atoms with Crippen molar-refractivity contribution in [2.24, 2.45) is 0 Å². The molecule has 1 amide bonds. The third-order valence-corrected chi connectivity index (χ3v) is 2.19. The summed E-state index contributed by atoms with van der Waals surface area (Å²) in [4.78, 5) is 12.2. The van der Waals surface area contributed by atoms with Crippen LogP contribution in [0.5, 0.6) is 0 Å². The molecule has 0 saturated carbocycles. The third-order valence-electron chi connectivity index (χ3n) is 1.97. The van der Waals surface area contributed by atoms with Gasteiger partial charge in [0.2, 0.25) is 0 Å². The highest BCUT2D eigenvalue weighted by molar-refractivity contribution is 6.30. The van der Waals surface area contributed by atoms with Crippen molar-refractivity contribution in [2.75, 3.05) is 4.90 Å². The normalized spacial score (nSPS) is 11.3. The second-order valence-corrected chi connectivity index (χ2v) is 4.85. The highest BCUT2D eigenvalue weighted by Crippen LogP contribution is 2.27. The van der Waals surface area contributed by atoms with Crippen LogP contribution in [0.25, 0.3) is 0 Å². The van der Waals surface area contributed by atoms with Gasteiger partial charge < -0.3 is 5.11 Å². The summed E-state index contributed by atoms with van der Waals surface area (Å²) >= 11 is 5.69. The molecule has 3 nitrogen and oxygen atoms in total. The third kappa shape index (κ3) is 2.85. The number of hydrogen-bond acceptors (Lipinski definition) is 1. The summed E-state index contributed by atoms with van der Waals surface area (Å²) in [5, 5.41) is 9.28. The van der Waals surface area contributed by atoms with E-state index in [0.717, 1.165) is 17.0 Å². The van der Waals surface area contributed by atoms with E-state index in [1.54, 1.807) is 20.8 Å². The van der Waals surface area contributed by atoms with E-state index in [4.69, 9.17) is 16.7 Å². The summed E-state index contributed by atoms with van der Waals surface area (Å²) in [6, 6.07) is 3.70. The molecule has 0 heterocycles. The Morgan fingerprint density at radius 3 is 2.31 bits per heavy atom. The van der Waals surface area contributed by atoms with Crippen LogP contribution in [0.3, 0.4) is 0 Å². The summed E-state index contributed by atoms with van der Waals surface area (Å²) in [6.07, 6.45) is -1.14. The monoisotopic (exact) mass is 245 g/mol. The SMILES string of the molecule is CC(C)(C)N(C(=O)O)c1cc(F)cc(Cl)c1. The molecule has 0 aliphatic rings. The van der Waals surface area contributed by atoms with Crippen molar-refractivity contribution in [3.05, 3.63) is 29.0 Å². The van der Waals surface area contributed by atoms with Crippen molar-refractivity contribution in [2.45, 2.75) is 26.3 Å². The van der Waals surface area contributed by atoms with Crippen LogP contribution in [0.15, 0.2) is 18.2 Å². The average molecular weight is 246 g/mol. The fourth-order valence-corrected chi connectivity index (χ4v) is 1.67. The van der Waals surface area contributed by atoms with Crippen LogP contribution in [-0.4, -0.2) is 16.7 Å². The number of hydrogen-bond donors (Lipinski definition) is 1. The second-order valence-electron chi connectivity index (χ2n) is 4.42. The minimum atomic E-state index is -1.14. The molecule has 1 N–H and O–H groups in total. The van der Waals surface area contributed by atoms with Crippen LogP contribution in [0.1, 0.15) is 20.8 Å². The van der Waals surface area contributed by atoms with E-state index in [9.17, 15) is 9.18 Å². The molecule has 0 atom stereocenters. The molecular formula is C11H13ClFNO2. The Morgan fingerprint density at radius 1 is 1.38 bits per heavy atom. The first-order valence-electron chi connectivity index (χ1n) is 4.71. The van der Waals surface area contributed by atoms with Crippen molar-refractivity contribution < 1.29 is 14.3 Å². The van der Waals surface area contributed by atoms with Crippen LogP contribution in [-0.2, 0) is 0 Å². The largest absolute Gasteiger partial charge is 0.465 e. The quantitative estimate of drug-likeness (QED) is 0.818. The minimum absolute atomic E-state index is 0.172. The first-order chi connectivity index (χ1) is 7.21. The number of nitrogens with zero attached hydrogens (tertiary/aromatic N) is 1. The second kappa shape index (κ2) is 4.29. The van der Waals surface area contributed by atoms with Gasteiger partial charge in [-0.15, -0.1) is 0 Å². The molecule has 1 rings (SSSR count). The van der Waals surface area contributed by atoms with Crippen molar-refractivity contribution in [3.63, 3.8) is 0 Å². The minimum Gasteiger partial charge on any atom is -0.465 e. The fourth-order valence-electron chi connectivity index (χ4n) is 1.45. The number of carboxylic acid groups (broad SMARTS) is 1. The van der Waals surface area contributed by atoms with Crippen LogP contribution >= 0.6 is 11.6 Å². The van der Waals surface area contributed by atoms with Gasteiger partial charge in [0, 0.05) is 10.6 Å². The Bertz CT molecular complexity index is 395. The molecule has 88 valence electrons. The molecule has 5 heteroatoms. The summed E-state index contributed by atoms with van der Waals surface area (Å²) < 4.78 is 13.1. The van der Waals surface area contributed by atoms with Gasteiger partial charge in [-0.3, -0.25) is 4.90 Å². The van der Waals surface area contributed by atoms with E-state index in [0.29, 0.717) is 0 Å². The first-order valence-corrected chi connectivity index (χ1v) is 5.09. The number of rotatable bonds is 1. The van der Waals surface area contributed by atoms with E-state index in [2.05, 4.69) is 0 Å². The zero-order valence-corrected chi connectivity index (χ0v) is 10.0. The molecule has 0 radical (unpaired) electrons. The lowest BCUT2D eigenvalue weighted by atomic mass is 10.1. The maximum Gasteiger partial charge on any atom is 0.412 e. The highest BCUT2D eigenvalue weighted by Gasteiger charge is 2.28. The molecule has 1 aromatic carbocycles. The van der Waals surface area contributed by atoms with E-state index in [1.807, 2.05) is 0 Å². The Balaban J connectivity index is 3.27. The standard InChI is InChI=1S/C11H13ClFNO2/c1-11(2,3)14(10(15)16)9-5-7(12)4-8(13)6-9/h4-6H,1-3H3,(H,15,16). The van der Waals surface area contributed by atoms with Crippen molar-refractivity contribution in [1.82, 2.24) is 0 Å². The van der Waals surface area contributed by atoms with Gasteiger partial charge in [-0.25, -0.2) is 9.18 Å². The smallest absolute Gasteiger partial charge is 0.412 e. The Hall–Kier alpha value is -1.29. The molecule has 0 aliphatic carbocycles. The molecule has 16 heavy (non-hydrogen) atoms. The summed E-state index contributed by atoms with van der Waals surface area (Å²) in [5.41, 5.74) is -0.437. The van der Waals surface area contributed by atoms with Gasteiger partial charge in [0.15, 0.2) is 0 Å². The zero-order chi connectivity index (χ0) is 12.5. The van der Waals surface area contributed by atoms with Gasteiger partial charge in [0.25, 0.3) is 0 Å². The van der Waals surface area contributed by atoms with E-state index in [1.165, 1.54) is 6.07 Å². The topological polar surface area (TPSA) is 40.5 Å². The number of carbonyl (C=O) groups is 1. The molecule has 0 bridgehead atoms. The number of amides is 1. The Morgan fingerprint density at radius 2 is 1.94 bits per heavy atom. The number of halogens is 2. The van der Waals surface area contributed by atoms with E-state index >= 15 is 0 Å². The molecule has 0 aromatic heterocycles. The molecule has 0 spiro atoms. The van der Waals surface area contributed by atoms with E-state index < -0.39 is 17.4 Å². The van der Waals surface area contributed by atoms with Gasteiger partial charge in [-0.1, -0.05) is 11.6 Å². The van der Waals surface area contributed by atoms with Crippen LogP contribution in [0, 0.1) is 5.82 Å². The summed E-state index contributed by atoms with van der Waals surface area (Å²) in [5.74, 6) is -0.557. The fraction of sp³-hybridized carbons (Fsp3) is 0.364. The first kappa shape index (κ1) is 12.8. The lowest BCUT2D eigenvalue weighted by Gasteiger charge is -2.33. The maximum atomic E-state index is 13.1. The van der Waals surface area contributed by atoms with Crippen LogP contribution < -0.4 is 4.90 Å². The van der Waals surface area contributed by atoms with Gasteiger partial charge in [-0.2, -0.15) is 0 Å². The Kier molecular flexibility index (Phi) is 3.43. The van der Waals surface area contributed by atoms with Gasteiger partial charge in [-0.05, 0) is 39.0 Å². The van der Waals surface area contributed by atoms with Crippen LogP contribution in [0.2, 0.25) is 5.02 Å². The molecule has 0 aliphatic heterocycles. The van der Waals surface area contributed by atoms with Crippen molar-refractivity contribution in [3.8, 4) is 0 Å². The average Bonchev–Trinajstić information content (AvgIpc) is 1.96. The number of benzene rings is 1. The predicted molar refractivity (Wildman–Crippen MR) is 61.7 cm³/mol. The van der Waals surface area contributed by atoms with Crippen molar-refractivity contribution >= 4 is 23.4 Å². The molecule has 0 unspecified atom stereocenters. The predicted octanol–water partition coefficient (Wildman–Crippen LogP) is 3.76. The molecule has 0 saturated heterocycles. The van der Waals surface area contributed by atoms with Crippen molar-refractivity contribution in [1.29, 1.82) is 0 Å². The van der Waals surface area contributed by atoms with E-state index in [-0.39, 0.29) is 10.7 Å². The number of anilines is 1. The maximum absolute atomic E-state index is 13.1. The lowest BCUT2D eigenvalue weighted by molar-refractivity contribution is 0.195. The molecule has 1 aromatic rings. The highest BCUT2D eigenvalue weighted by atomic mass is 35.5. The zero-order valence-electron chi connectivity index (χ0n) is 9.29. The molecular weight excluding hydrogens is 233 g/mol. The van der Waals surface area contributed by atoms with Gasteiger partial charge in [0.1, 0.15) is 5.82 Å². The lowest BCUT2D eigenvalue weighted by Crippen LogP contribution is -2.45. The Labute approximate surface area is 98.4 Å². The molecule has 0 fully saturated rings. The van der Waals surface area contributed by atoms with Gasteiger partial charge >= 0.3 is 6.09 Å². The van der Waals surface area contributed by atoms with Crippen LogP contribution in [0.4, 0.5) is 14.9 Å². The van der Waals surface area contributed by atoms with Gasteiger partial charge in [0.05, 0.1) is 5.69 Å². The summed E-state index contributed by atoms with van der Waals surface area (Å²) in [7, 11) is 0. The summed E-state index contributed by atoms with van der Waals surface area (Å²) in [6.45, 7) is 5.17.